The molecule has 4 heteroatoms. The fourth-order valence-corrected chi connectivity index (χ4v) is 2.72. The number of hydrogen-bond donors (Lipinski definition) is 1. The van der Waals surface area contributed by atoms with Crippen molar-refractivity contribution in [3.63, 3.8) is 0 Å². The molecule has 0 bridgehead atoms. The number of rotatable bonds is 6. The van der Waals surface area contributed by atoms with Crippen molar-refractivity contribution in [3.8, 4) is 0 Å². The molecule has 1 N–H and O–H groups in total. The van der Waals surface area contributed by atoms with Crippen molar-refractivity contribution in [2.75, 3.05) is 6.54 Å². The van der Waals surface area contributed by atoms with Gasteiger partial charge in [0.05, 0.1) is 5.69 Å². The van der Waals surface area contributed by atoms with E-state index in [0.29, 0.717) is 12.1 Å². The Morgan fingerprint density at radius 1 is 1.39 bits per heavy atom. The number of nitrogens with one attached hydrogen (secondary N) is 1. The van der Waals surface area contributed by atoms with E-state index >= 15 is 0 Å². The van der Waals surface area contributed by atoms with Crippen molar-refractivity contribution in [1.29, 1.82) is 0 Å². The first-order valence-electron chi connectivity index (χ1n) is 6.50. The van der Waals surface area contributed by atoms with Gasteiger partial charge in [-0.1, -0.05) is 6.92 Å². The number of hydrogen-bond acceptors (Lipinski definition) is 3. The van der Waals surface area contributed by atoms with E-state index in [1.165, 1.54) is 5.56 Å². The summed E-state index contributed by atoms with van der Waals surface area (Å²) in [6, 6.07) is 5.11. The lowest BCUT2D eigenvalue weighted by Crippen LogP contribution is -2.22. The quantitative estimate of drug-likeness (QED) is 0.865. The van der Waals surface area contributed by atoms with Crippen molar-refractivity contribution in [2.45, 2.75) is 39.3 Å². The molecule has 0 amide bonds. The van der Waals surface area contributed by atoms with Crippen LogP contribution >= 0.6 is 11.3 Å². The minimum Gasteiger partial charge on any atom is -0.310 e. The summed E-state index contributed by atoms with van der Waals surface area (Å²) in [5, 5.41) is 12.5. The monoisotopic (exact) mass is 263 g/mol. The van der Waals surface area contributed by atoms with Crippen LogP contribution in [0, 0.1) is 0 Å². The van der Waals surface area contributed by atoms with E-state index in [0.717, 1.165) is 18.7 Å². The van der Waals surface area contributed by atoms with Gasteiger partial charge in [0.1, 0.15) is 0 Å². The Labute approximate surface area is 113 Å². The predicted octanol–water partition coefficient (Wildman–Crippen LogP) is 3.42. The molecule has 0 fully saturated rings. The smallest absolute Gasteiger partial charge is 0.0643 e. The zero-order chi connectivity index (χ0) is 13.0. The number of likely N-dealkylation sites (N-methyl/N-ethyl adjacent to an activating group) is 1. The Kier molecular flexibility index (Phi) is 4.55. The average Bonchev–Trinajstić information content (AvgIpc) is 2.99. The fraction of sp³-hybridized carbons (Fsp3) is 0.500. The molecule has 2 aromatic rings. The fourth-order valence-electron chi connectivity index (χ4n) is 2.01. The van der Waals surface area contributed by atoms with Crippen molar-refractivity contribution in [2.24, 2.45) is 0 Å². The minimum atomic E-state index is 0.372. The summed E-state index contributed by atoms with van der Waals surface area (Å²) < 4.78 is 2.02. The molecule has 1 unspecified atom stereocenters. The van der Waals surface area contributed by atoms with Gasteiger partial charge in [0.25, 0.3) is 0 Å². The van der Waals surface area contributed by atoms with E-state index < -0.39 is 0 Å². The maximum absolute atomic E-state index is 4.62. The van der Waals surface area contributed by atoms with Gasteiger partial charge in [0.15, 0.2) is 0 Å². The minimum absolute atomic E-state index is 0.372. The summed E-state index contributed by atoms with van der Waals surface area (Å²) in [7, 11) is 0. The van der Waals surface area contributed by atoms with Gasteiger partial charge in [-0.25, -0.2) is 0 Å². The third kappa shape index (κ3) is 3.21. The second-order valence-electron chi connectivity index (χ2n) is 4.75. The molecule has 0 aliphatic rings. The molecule has 0 aliphatic heterocycles. The highest BCUT2D eigenvalue weighted by Gasteiger charge is 2.13. The van der Waals surface area contributed by atoms with Crippen molar-refractivity contribution in [1.82, 2.24) is 15.1 Å². The van der Waals surface area contributed by atoms with E-state index in [2.05, 4.69) is 60.3 Å². The molecule has 2 heterocycles. The average molecular weight is 263 g/mol. The first-order valence-corrected chi connectivity index (χ1v) is 7.44. The van der Waals surface area contributed by atoms with Crippen LogP contribution in [-0.4, -0.2) is 16.3 Å². The van der Waals surface area contributed by atoms with Crippen LogP contribution in [0.5, 0.6) is 0 Å². The van der Waals surface area contributed by atoms with Crippen molar-refractivity contribution in [3.05, 3.63) is 40.3 Å². The first kappa shape index (κ1) is 13.3. The number of aromatic nitrogens is 2. The standard InChI is InChI=1S/C14H21N3S/c1-4-15-14(12-6-8-18-10-12)9-13-5-7-17(16-13)11(2)3/h5-8,10-11,14-15H,4,9H2,1-3H3. The van der Waals surface area contributed by atoms with Crippen molar-refractivity contribution >= 4 is 11.3 Å². The van der Waals surface area contributed by atoms with Gasteiger partial charge in [-0.05, 0) is 48.8 Å². The SMILES string of the molecule is CCNC(Cc1ccn(C(C)C)n1)c1ccsc1. The van der Waals surface area contributed by atoms with Crippen LogP contribution in [0.2, 0.25) is 0 Å². The molecular formula is C14H21N3S. The molecule has 0 saturated heterocycles. The first-order chi connectivity index (χ1) is 8.70. The lowest BCUT2D eigenvalue weighted by Gasteiger charge is -2.15. The van der Waals surface area contributed by atoms with E-state index in [1.807, 2.05) is 4.68 Å². The van der Waals surface area contributed by atoms with Crippen LogP contribution in [0.1, 0.15) is 44.1 Å². The summed E-state index contributed by atoms with van der Waals surface area (Å²) in [5.74, 6) is 0. The third-order valence-corrected chi connectivity index (χ3v) is 3.70. The van der Waals surface area contributed by atoms with E-state index in [9.17, 15) is 0 Å². The third-order valence-electron chi connectivity index (χ3n) is 3.00. The summed E-state index contributed by atoms with van der Waals surface area (Å²) in [6.45, 7) is 7.42. The lowest BCUT2D eigenvalue weighted by atomic mass is 10.1. The highest BCUT2D eigenvalue weighted by molar-refractivity contribution is 7.07. The molecule has 0 aromatic carbocycles. The predicted molar refractivity (Wildman–Crippen MR) is 77.1 cm³/mol. The Morgan fingerprint density at radius 3 is 2.78 bits per heavy atom. The Balaban J connectivity index is 2.08. The van der Waals surface area contributed by atoms with Crippen LogP contribution in [0.15, 0.2) is 29.1 Å². The zero-order valence-electron chi connectivity index (χ0n) is 11.3. The maximum Gasteiger partial charge on any atom is 0.0643 e. The summed E-state index contributed by atoms with van der Waals surface area (Å²) in [4.78, 5) is 0. The molecule has 0 saturated carbocycles. The van der Waals surface area contributed by atoms with Crippen LogP contribution in [-0.2, 0) is 6.42 Å². The van der Waals surface area contributed by atoms with Crippen LogP contribution in [0.25, 0.3) is 0 Å². The van der Waals surface area contributed by atoms with Crippen LogP contribution in [0.3, 0.4) is 0 Å². The van der Waals surface area contributed by atoms with E-state index in [-0.39, 0.29) is 0 Å². The molecule has 0 aliphatic carbocycles. The Hall–Kier alpha value is -1.13. The molecule has 1 atom stereocenters. The van der Waals surface area contributed by atoms with Gasteiger partial charge in [0, 0.05) is 24.7 Å². The highest BCUT2D eigenvalue weighted by Crippen LogP contribution is 2.20. The Morgan fingerprint density at radius 2 is 2.22 bits per heavy atom. The largest absolute Gasteiger partial charge is 0.310 e. The maximum atomic E-state index is 4.62. The lowest BCUT2D eigenvalue weighted by molar-refractivity contribution is 0.507. The number of nitrogens with zero attached hydrogens (tertiary/aromatic N) is 2. The second kappa shape index (κ2) is 6.16. The van der Waals surface area contributed by atoms with Gasteiger partial charge in [-0.15, -0.1) is 0 Å². The summed E-state index contributed by atoms with van der Waals surface area (Å²) in [5.41, 5.74) is 2.52. The molecule has 2 rings (SSSR count). The normalized spacial score (nSPS) is 13.1. The molecule has 2 aromatic heterocycles. The van der Waals surface area contributed by atoms with Gasteiger partial charge >= 0.3 is 0 Å². The van der Waals surface area contributed by atoms with E-state index in [4.69, 9.17) is 0 Å². The molecule has 98 valence electrons. The van der Waals surface area contributed by atoms with Gasteiger partial charge in [-0.2, -0.15) is 16.4 Å². The molecule has 0 spiro atoms. The van der Waals surface area contributed by atoms with Gasteiger partial charge in [-0.3, -0.25) is 4.68 Å². The topological polar surface area (TPSA) is 29.9 Å². The second-order valence-corrected chi connectivity index (χ2v) is 5.53. The summed E-state index contributed by atoms with van der Waals surface area (Å²) >= 11 is 1.75. The van der Waals surface area contributed by atoms with Gasteiger partial charge < -0.3 is 5.32 Å². The van der Waals surface area contributed by atoms with Crippen molar-refractivity contribution < 1.29 is 0 Å². The molecule has 3 nitrogen and oxygen atoms in total. The molecular weight excluding hydrogens is 242 g/mol. The van der Waals surface area contributed by atoms with E-state index in [1.54, 1.807) is 11.3 Å². The molecule has 0 radical (unpaired) electrons. The van der Waals surface area contributed by atoms with Crippen LogP contribution < -0.4 is 5.32 Å². The zero-order valence-corrected chi connectivity index (χ0v) is 12.1. The van der Waals surface area contributed by atoms with Crippen LogP contribution in [0.4, 0.5) is 0 Å². The van der Waals surface area contributed by atoms with Gasteiger partial charge in [0.2, 0.25) is 0 Å². The highest BCUT2D eigenvalue weighted by atomic mass is 32.1. The number of thiophene rings is 1. The molecule has 18 heavy (non-hydrogen) atoms. The summed E-state index contributed by atoms with van der Waals surface area (Å²) in [6.07, 6.45) is 3.01. The Bertz CT molecular complexity index is 459.